The number of aryl methyl sites for hydroxylation is 1. The van der Waals surface area contributed by atoms with Gasteiger partial charge in [-0.05, 0) is 19.1 Å². The first kappa shape index (κ1) is 15.5. The average molecular weight is 340 g/mol. The second-order valence-corrected chi connectivity index (χ2v) is 5.83. The summed E-state index contributed by atoms with van der Waals surface area (Å²) in [6.07, 6.45) is -3.38. The highest BCUT2D eigenvalue weighted by atomic mass is 32.1. The van der Waals surface area contributed by atoms with E-state index in [1.807, 2.05) is 12.3 Å². The van der Waals surface area contributed by atoms with Crippen molar-refractivity contribution in [1.82, 2.24) is 9.55 Å². The second-order valence-electron chi connectivity index (χ2n) is 4.89. The molecule has 0 atom stereocenters. The standard InChI is InChI=1S/C15H11F3N2O2S/c1-9-8-23-13(19-9)7-20-6-5-11(21)10-3-2-4-12(14(10)20)22-15(16,17)18/h2-6,8H,7H2,1H3. The molecule has 1 aromatic carbocycles. The first-order chi connectivity index (χ1) is 10.8. The summed E-state index contributed by atoms with van der Waals surface area (Å²) in [6, 6.07) is 5.35. The second kappa shape index (κ2) is 5.69. The van der Waals surface area contributed by atoms with Gasteiger partial charge in [-0.2, -0.15) is 0 Å². The van der Waals surface area contributed by atoms with Gasteiger partial charge in [-0.15, -0.1) is 24.5 Å². The molecular formula is C15H11F3N2O2S. The Morgan fingerprint density at radius 2 is 2.09 bits per heavy atom. The van der Waals surface area contributed by atoms with Crippen LogP contribution >= 0.6 is 11.3 Å². The van der Waals surface area contributed by atoms with Crippen LogP contribution in [-0.4, -0.2) is 15.9 Å². The molecule has 2 aromatic heterocycles. The van der Waals surface area contributed by atoms with Crippen LogP contribution in [0.3, 0.4) is 0 Å². The fourth-order valence-corrected chi connectivity index (χ4v) is 3.07. The third kappa shape index (κ3) is 3.37. The molecule has 0 aliphatic rings. The van der Waals surface area contributed by atoms with Crippen molar-refractivity contribution in [3.05, 3.63) is 56.8 Å². The van der Waals surface area contributed by atoms with Crippen LogP contribution in [0, 0.1) is 6.92 Å². The molecule has 3 aromatic rings. The van der Waals surface area contributed by atoms with Crippen molar-refractivity contribution >= 4 is 22.2 Å². The molecule has 0 bridgehead atoms. The van der Waals surface area contributed by atoms with E-state index >= 15 is 0 Å². The maximum atomic E-state index is 12.6. The molecule has 0 N–H and O–H groups in total. The van der Waals surface area contributed by atoms with Gasteiger partial charge in [-0.3, -0.25) is 4.79 Å². The number of halogens is 3. The van der Waals surface area contributed by atoms with Crippen LogP contribution in [0.1, 0.15) is 10.7 Å². The smallest absolute Gasteiger partial charge is 0.404 e. The zero-order valence-corrected chi connectivity index (χ0v) is 12.7. The Bertz CT molecular complexity index is 915. The maximum Gasteiger partial charge on any atom is 0.573 e. The zero-order valence-electron chi connectivity index (χ0n) is 11.9. The van der Waals surface area contributed by atoms with E-state index < -0.39 is 12.1 Å². The molecule has 0 fully saturated rings. The lowest BCUT2D eigenvalue weighted by molar-refractivity contribution is -0.274. The number of hydrogen-bond acceptors (Lipinski definition) is 4. The normalized spacial score (nSPS) is 11.8. The first-order valence-electron chi connectivity index (χ1n) is 6.62. The summed E-state index contributed by atoms with van der Waals surface area (Å²) >= 11 is 1.40. The van der Waals surface area contributed by atoms with Crippen LogP contribution in [-0.2, 0) is 6.54 Å². The summed E-state index contributed by atoms with van der Waals surface area (Å²) in [7, 11) is 0. The number of para-hydroxylation sites is 1. The van der Waals surface area contributed by atoms with Gasteiger partial charge in [0.15, 0.2) is 11.2 Å². The minimum absolute atomic E-state index is 0.102. The molecule has 0 radical (unpaired) electrons. The van der Waals surface area contributed by atoms with Gasteiger partial charge in [0, 0.05) is 28.7 Å². The summed E-state index contributed by atoms with van der Waals surface area (Å²) in [4.78, 5) is 16.2. The van der Waals surface area contributed by atoms with Crippen molar-refractivity contribution in [2.75, 3.05) is 0 Å². The van der Waals surface area contributed by atoms with E-state index in [1.54, 1.807) is 0 Å². The van der Waals surface area contributed by atoms with Crippen molar-refractivity contribution in [2.24, 2.45) is 0 Å². The number of pyridine rings is 1. The predicted molar refractivity (Wildman–Crippen MR) is 80.8 cm³/mol. The monoisotopic (exact) mass is 340 g/mol. The fourth-order valence-electron chi connectivity index (χ4n) is 2.30. The number of rotatable bonds is 3. The lowest BCUT2D eigenvalue weighted by atomic mass is 10.2. The Morgan fingerprint density at radius 1 is 1.30 bits per heavy atom. The SMILES string of the molecule is Cc1csc(Cn2ccc(=O)c3cccc(OC(F)(F)F)c32)n1. The summed E-state index contributed by atoms with van der Waals surface area (Å²) in [5.41, 5.74) is 0.575. The number of aromatic nitrogens is 2. The molecule has 2 heterocycles. The molecule has 0 aliphatic heterocycles. The van der Waals surface area contributed by atoms with Crippen molar-refractivity contribution in [1.29, 1.82) is 0 Å². The summed E-state index contributed by atoms with van der Waals surface area (Å²) in [6.45, 7) is 2.09. The molecule has 0 spiro atoms. The van der Waals surface area contributed by atoms with E-state index in [4.69, 9.17) is 0 Å². The molecule has 3 rings (SSSR count). The molecule has 8 heteroatoms. The molecular weight excluding hydrogens is 329 g/mol. The van der Waals surface area contributed by atoms with Gasteiger partial charge < -0.3 is 9.30 Å². The molecule has 0 aliphatic carbocycles. The Labute approximate surface area is 132 Å². The predicted octanol–water partition coefficient (Wildman–Crippen LogP) is 3.71. The number of hydrogen-bond donors (Lipinski definition) is 0. The van der Waals surface area contributed by atoms with Gasteiger partial charge in [0.25, 0.3) is 0 Å². The van der Waals surface area contributed by atoms with Crippen LogP contribution in [0.2, 0.25) is 0 Å². The maximum absolute atomic E-state index is 12.6. The largest absolute Gasteiger partial charge is 0.573 e. The Morgan fingerprint density at radius 3 is 2.74 bits per heavy atom. The highest BCUT2D eigenvalue weighted by Gasteiger charge is 2.32. The van der Waals surface area contributed by atoms with E-state index in [2.05, 4.69) is 9.72 Å². The quantitative estimate of drug-likeness (QED) is 0.730. The van der Waals surface area contributed by atoms with Crippen molar-refractivity contribution in [3.8, 4) is 5.75 Å². The van der Waals surface area contributed by atoms with Crippen LogP contribution in [0.25, 0.3) is 10.9 Å². The molecule has 0 amide bonds. The molecule has 120 valence electrons. The number of thiazole rings is 1. The number of fused-ring (bicyclic) bond motifs is 1. The van der Waals surface area contributed by atoms with Gasteiger partial charge in [-0.25, -0.2) is 4.98 Å². The minimum atomic E-state index is -4.83. The molecule has 23 heavy (non-hydrogen) atoms. The van der Waals surface area contributed by atoms with Crippen molar-refractivity contribution in [3.63, 3.8) is 0 Å². The third-order valence-corrected chi connectivity index (χ3v) is 4.11. The molecule has 0 unspecified atom stereocenters. The number of benzene rings is 1. The lowest BCUT2D eigenvalue weighted by Gasteiger charge is -2.15. The van der Waals surface area contributed by atoms with Gasteiger partial charge >= 0.3 is 6.36 Å². The van der Waals surface area contributed by atoms with Crippen LogP contribution in [0.4, 0.5) is 13.2 Å². The molecule has 0 saturated carbocycles. The first-order valence-corrected chi connectivity index (χ1v) is 7.50. The average Bonchev–Trinajstić information content (AvgIpc) is 2.86. The number of nitrogens with zero attached hydrogens (tertiary/aromatic N) is 2. The topological polar surface area (TPSA) is 44.1 Å². The van der Waals surface area contributed by atoms with Gasteiger partial charge in [0.2, 0.25) is 0 Å². The van der Waals surface area contributed by atoms with Gasteiger partial charge in [-0.1, -0.05) is 6.07 Å². The van der Waals surface area contributed by atoms with Gasteiger partial charge in [0.1, 0.15) is 5.01 Å². The zero-order chi connectivity index (χ0) is 16.6. The third-order valence-electron chi connectivity index (χ3n) is 3.16. The Balaban J connectivity index is 2.17. The van der Waals surface area contributed by atoms with E-state index in [-0.39, 0.29) is 22.9 Å². The number of ether oxygens (including phenoxy) is 1. The molecule has 4 nitrogen and oxygen atoms in total. The highest BCUT2D eigenvalue weighted by molar-refractivity contribution is 7.09. The van der Waals surface area contributed by atoms with Gasteiger partial charge in [0.05, 0.1) is 12.1 Å². The van der Waals surface area contributed by atoms with Crippen LogP contribution in [0.5, 0.6) is 5.75 Å². The summed E-state index contributed by atoms with van der Waals surface area (Å²) < 4.78 is 43.5. The van der Waals surface area contributed by atoms with Crippen molar-refractivity contribution in [2.45, 2.75) is 19.8 Å². The Kier molecular flexibility index (Phi) is 3.85. The highest BCUT2D eigenvalue weighted by Crippen LogP contribution is 2.29. The molecule has 0 saturated heterocycles. The van der Waals surface area contributed by atoms with Crippen molar-refractivity contribution < 1.29 is 17.9 Å². The van der Waals surface area contributed by atoms with E-state index in [0.717, 1.165) is 10.7 Å². The lowest BCUT2D eigenvalue weighted by Crippen LogP contribution is -2.19. The van der Waals surface area contributed by atoms with E-state index in [0.29, 0.717) is 0 Å². The Hall–Kier alpha value is -2.35. The summed E-state index contributed by atoms with van der Waals surface area (Å²) in [5, 5.41) is 2.75. The van der Waals surface area contributed by atoms with Crippen LogP contribution in [0.15, 0.2) is 40.6 Å². The van der Waals surface area contributed by atoms with Crippen LogP contribution < -0.4 is 10.2 Å². The fraction of sp³-hybridized carbons (Fsp3) is 0.200. The number of alkyl halides is 3. The van der Waals surface area contributed by atoms with E-state index in [1.165, 1.54) is 46.4 Å². The summed E-state index contributed by atoms with van der Waals surface area (Å²) in [5.74, 6) is -0.402. The minimum Gasteiger partial charge on any atom is -0.404 e. The van der Waals surface area contributed by atoms with E-state index in [9.17, 15) is 18.0 Å².